The topological polar surface area (TPSA) is 29.1 Å². The van der Waals surface area contributed by atoms with E-state index in [1.165, 1.54) is 22.5 Å². The minimum absolute atomic E-state index is 0.0360. The second kappa shape index (κ2) is 6.36. The van der Waals surface area contributed by atoms with E-state index in [0.29, 0.717) is 0 Å². The maximum absolute atomic E-state index is 11.7. The Morgan fingerprint density at radius 3 is 2.67 bits per heavy atom. The van der Waals surface area contributed by atoms with Crippen molar-refractivity contribution in [1.82, 2.24) is 5.32 Å². The van der Waals surface area contributed by atoms with Crippen molar-refractivity contribution < 1.29 is 4.79 Å². The predicted molar refractivity (Wildman–Crippen MR) is 76.2 cm³/mol. The molecule has 0 atom stereocenters. The quantitative estimate of drug-likeness (QED) is 0.819. The Labute approximate surface area is 112 Å². The average Bonchev–Trinajstić information content (AvgIpc) is 2.90. The number of nitrogens with one attached hydrogen (secondary N) is 1. The van der Waals surface area contributed by atoms with Crippen molar-refractivity contribution >= 4 is 17.2 Å². The zero-order chi connectivity index (χ0) is 12.8. The van der Waals surface area contributed by atoms with Crippen molar-refractivity contribution in [3.8, 4) is 0 Å². The van der Waals surface area contributed by atoms with Gasteiger partial charge < -0.3 is 5.32 Å². The molecule has 18 heavy (non-hydrogen) atoms. The maximum atomic E-state index is 11.7. The van der Waals surface area contributed by atoms with Crippen LogP contribution >= 0.6 is 11.3 Å². The molecule has 94 valence electrons. The number of amides is 1. The number of benzene rings is 1. The molecular formula is C15H17NOS. The van der Waals surface area contributed by atoms with Gasteiger partial charge in [0.25, 0.3) is 5.91 Å². The molecule has 3 heteroatoms. The summed E-state index contributed by atoms with van der Waals surface area (Å²) >= 11 is 1.48. The molecule has 0 aliphatic carbocycles. The van der Waals surface area contributed by atoms with Gasteiger partial charge in [0.1, 0.15) is 0 Å². The van der Waals surface area contributed by atoms with Gasteiger partial charge in [0, 0.05) is 6.54 Å². The summed E-state index contributed by atoms with van der Waals surface area (Å²) in [6.07, 6.45) is 1.98. The Balaban J connectivity index is 1.70. The van der Waals surface area contributed by atoms with Crippen LogP contribution in [0.1, 0.15) is 27.2 Å². The number of hydrogen-bond donors (Lipinski definition) is 1. The molecule has 1 N–H and O–H groups in total. The summed E-state index contributed by atoms with van der Waals surface area (Å²) in [5.74, 6) is 0.0360. The van der Waals surface area contributed by atoms with Gasteiger partial charge in [0.15, 0.2) is 0 Å². The minimum Gasteiger partial charge on any atom is -0.351 e. The van der Waals surface area contributed by atoms with E-state index < -0.39 is 0 Å². The number of rotatable bonds is 5. The molecule has 0 aliphatic heterocycles. The van der Waals surface area contributed by atoms with E-state index in [-0.39, 0.29) is 5.91 Å². The highest BCUT2D eigenvalue weighted by atomic mass is 32.1. The smallest absolute Gasteiger partial charge is 0.261 e. The number of carbonyl (C=O) groups is 1. The maximum Gasteiger partial charge on any atom is 0.261 e. The highest BCUT2D eigenvalue weighted by molar-refractivity contribution is 7.12. The lowest BCUT2D eigenvalue weighted by Crippen LogP contribution is -2.23. The molecule has 1 heterocycles. The first-order valence-electron chi connectivity index (χ1n) is 6.13. The van der Waals surface area contributed by atoms with Crippen LogP contribution in [0.5, 0.6) is 0 Å². The van der Waals surface area contributed by atoms with Crippen LogP contribution in [0.25, 0.3) is 0 Å². The molecule has 0 radical (unpaired) electrons. The van der Waals surface area contributed by atoms with E-state index in [1.807, 2.05) is 17.5 Å². The molecule has 1 amide bonds. The molecular weight excluding hydrogens is 242 g/mol. The van der Waals surface area contributed by atoms with Gasteiger partial charge >= 0.3 is 0 Å². The third-order valence-electron chi connectivity index (χ3n) is 2.79. The van der Waals surface area contributed by atoms with E-state index in [1.54, 1.807) is 0 Å². The van der Waals surface area contributed by atoms with Gasteiger partial charge in [-0.25, -0.2) is 0 Å². The summed E-state index contributed by atoms with van der Waals surface area (Å²) in [4.78, 5) is 12.4. The highest BCUT2D eigenvalue weighted by Crippen LogP contribution is 2.08. The van der Waals surface area contributed by atoms with Crippen molar-refractivity contribution in [2.75, 3.05) is 6.54 Å². The van der Waals surface area contributed by atoms with E-state index >= 15 is 0 Å². The fourth-order valence-corrected chi connectivity index (χ4v) is 2.38. The summed E-state index contributed by atoms with van der Waals surface area (Å²) in [5.41, 5.74) is 2.61. The van der Waals surface area contributed by atoms with Crippen LogP contribution in [0.4, 0.5) is 0 Å². The summed E-state index contributed by atoms with van der Waals surface area (Å²) in [5, 5.41) is 4.86. The molecule has 2 rings (SSSR count). The van der Waals surface area contributed by atoms with Crippen molar-refractivity contribution in [1.29, 1.82) is 0 Å². The fourth-order valence-electron chi connectivity index (χ4n) is 1.74. The number of hydrogen-bond acceptors (Lipinski definition) is 2. The summed E-state index contributed by atoms with van der Waals surface area (Å²) < 4.78 is 0. The molecule has 0 fully saturated rings. The van der Waals surface area contributed by atoms with E-state index in [0.717, 1.165) is 24.3 Å². The molecule has 1 aromatic heterocycles. The number of aryl methyl sites for hydroxylation is 2. The van der Waals surface area contributed by atoms with Gasteiger partial charge in [0.2, 0.25) is 0 Å². The van der Waals surface area contributed by atoms with E-state index in [4.69, 9.17) is 0 Å². The standard InChI is InChI=1S/C15H17NOS/c1-12-6-8-13(9-7-12)4-2-10-16-15(17)14-5-3-11-18-14/h3,5-9,11H,2,4,10H2,1H3,(H,16,17). The zero-order valence-corrected chi connectivity index (χ0v) is 11.3. The first-order chi connectivity index (χ1) is 8.75. The lowest BCUT2D eigenvalue weighted by molar-refractivity contribution is 0.0957. The van der Waals surface area contributed by atoms with Crippen molar-refractivity contribution in [2.24, 2.45) is 0 Å². The SMILES string of the molecule is Cc1ccc(CCCNC(=O)c2cccs2)cc1. The number of carbonyl (C=O) groups excluding carboxylic acids is 1. The van der Waals surface area contributed by atoms with E-state index in [2.05, 4.69) is 36.5 Å². The van der Waals surface area contributed by atoms with Crippen LogP contribution in [-0.2, 0) is 6.42 Å². The lowest BCUT2D eigenvalue weighted by atomic mass is 10.1. The molecule has 2 nitrogen and oxygen atoms in total. The molecule has 0 bridgehead atoms. The van der Waals surface area contributed by atoms with Crippen LogP contribution in [0, 0.1) is 6.92 Å². The normalized spacial score (nSPS) is 10.3. The Kier molecular flexibility index (Phi) is 4.53. The lowest BCUT2D eigenvalue weighted by Gasteiger charge is -2.04. The first-order valence-corrected chi connectivity index (χ1v) is 7.01. The van der Waals surface area contributed by atoms with Gasteiger partial charge in [-0.3, -0.25) is 4.79 Å². The predicted octanol–water partition coefficient (Wildman–Crippen LogP) is 3.42. The van der Waals surface area contributed by atoms with Gasteiger partial charge in [0.05, 0.1) is 4.88 Å². The van der Waals surface area contributed by atoms with Gasteiger partial charge in [-0.2, -0.15) is 0 Å². The van der Waals surface area contributed by atoms with Crippen LogP contribution in [0.15, 0.2) is 41.8 Å². The summed E-state index contributed by atoms with van der Waals surface area (Å²) in [6.45, 7) is 2.82. The molecule has 2 aromatic rings. The average molecular weight is 259 g/mol. The summed E-state index contributed by atoms with van der Waals surface area (Å²) in [6, 6.07) is 12.3. The molecule has 0 saturated carbocycles. The first kappa shape index (κ1) is 12.8. The van der Waals surface area contributed by atoms with Gasteiger partial charge in [-0.1, -0.05) is 35.9 Å². The third-order valence-corrected chi connectivity index (χ3v) is 3.66. The Morgan fingerprint density at radius 1 is 1.22 bits per heavy atom. The zero-order valence-electron chi connectivity index (χ0n) is 10.5. The minimum atomic E-state index is 0.0360. The molecule has 0 unspecified atom stereocenters. The molecule has 0 aliphatic rings. The molecule has 0 spiro atoms. The second-order valence-electron chi connectivity index (χ2n) is 4.32. The molecule has 0 saturated heterocycles. The van der Waals surface area contributed by atoms with Crippen LogP contribution < -0.4 is 5.32 Å². The largest absolute Gasteiger partial charge is 0.351 e. The third kappa shape index (κ3) is 3.70. The van der Waals surface area contributed by atoms with Crippen LogP contribution in [-0.4, -0.2) is 12.5 Å². The van der Waals surface area contributed by atoms with Crippen molar-refractivity contribution in [3.05, 3.63) is 57.8 Å². The monoisotopic (exact) mass is 259 g/mol. The summed E-state index contributed by atoms with van der Waals surface area (Å²) in [7, 11) is 0. The fraction of sp³-hybridized carbons (Fsp3) is 0.267. The molecule has 1 aromatic carbocycles. The van der Waals surface area contributed by atoms with Crippen molar-refractivity contribution in [3.63, 3.8) is 0 Å². The van der Waals surface area contributed by atoms with Crippen molar-refractivity contribution in [2.45, 2.75) is 19.8 Å². The van der Waals surface area contributed by atoms with Gasteiger partial charge in [-0.05, 0) is 36.8 Å². The second-order valence-corrected chi connectivity index (χ2v) is 5.27. The highest BCUT2D eigenvalue weighted by Gasteiger charge is 2.04. The van der Waals surface area contributed by atoms with E-state index in [9.17, 15) is 4.79 Å². The Hall–Kier alpha value is -1.61. The Bertz CT molecular complexity index is 488. The Morgan fingerprint density at radius 2 is 2.00 bits per heavy atom. The van der Waals surface area contributed by atoms with Crippen LogP contribution in [0.3, 0.4) is 0 Å². The van der Waals surface area contributed by atoms with Gasteiger partial charge in [-0.15, -0.1) is 11.3 Å². The number of thiophene rings is 1. The van der Waals surface area contributed by atoms with Crippen LogP contribution in [0.2, 0.25) is 0 Å².